The van der Waals surface area contributed by atoms with Crippen molar-refractivity contribution in [3.05, 3.63) is 54.1 Å². The number of benzene rings is 2. The van der Waals surface area contributed by atoms with Crippen molar-refractivity contribution < 1.29 is 4.90 Å². The Kier molecular flexibility index (Phi) is 1.86. The first-order valence-electron chi connectivity index (χ1n) is 5.36. The van der Waals surface area contributed by atoms with Crippen molar-refractivity contribution >= 4 is 5.69 Å². The monoisotopic (exact) mass is 196 g/mol. The van der Waals surface area contributed by atoms with E-state index in [0.29, 0.717) is 0 Å². The lowest BCUT2D eigenvalue weighted by Crippen LogP contribution is -3.03. The number of fused-ring (bicyclic) bond motifs is 3. The van der Waals surface area contributed by atoms with Crippen LogP contribution in [-0.2, 0) is 6.54 Å². The highest BCUT2D eigenvalue weighted by Crippen LogP contribution is 2.31. The van der Waals surface area contributed by atoms with Crippen molar-refractivity contribution in [1.82, 2.24) is 0 Å². The van der Waals surface area contributed by atoms with Crippen LogP contribution in [0.25, 0.3) is 11.1 Å². The number of para-hydroxylation sites is 1. The molecule has 0 spiro atoms. The van der Waals surface area contributed by atoms with Crippen LogP contribution in [0.1, 0.15) is 5.56 Å². The maximum absolute atomic E-state index is 2.23. The molecule has 1 aliphatic rings. The second-order valence-electron chi connectivity index (χ2n) is 4.16. The van der Waals surface area contributed by atoms with Crippen molar-refractivity contribution in [2.45, 2.75) is 6.54 Å². The molecule has 1 heterocycles. The van der Waals surface area contributed by atoms with Gasteiger partial charge in [-0.3, -0.25) is 0 Å². The van der Waals surface area contributed by atoms with E-state index in [2.05, 4.69) is 55.6 Å². The van der Waals surface area contributed by atoms with Gasteiger partial charge in [-0.2, -0.15) is 0 Å². The number of nitrogens with one attached hydrogen (secondary N) is 1. The van der Waals surface area contributed by atoms with Crippen LogP contribution in [0.5, 0.6) is 0 Å². The number of hydrogen-bond acceptors (Lipinski definition) is 0. The van der Waals surface area contributed by atoms with Gasteiger partial charge in [-0.25, -0.2) is 0 Å². The van der Waals surface area contributed by atoms with Gasteiger partial charge >= 0.3 is 0 Å². The Bertz CT molecular complexity index is 502. The zero-order valence-corrected chi connectivity index (χ0v) is 8.83. The minimum Gasteiger partial charge on any atom is -0.301 e. The van der Waals surface area contributed by atoms with E-state index in [4.69, 9.17) is 0 Å². The van der Waals surface area contributed by atoms with E-state index in [-0.39, 0.29) is 0 Å². The summed E-state index contributed by atoms with van der Waals surface area (Å²) in [5.74, 6) is 0. The molecule has 2 aromatic carbocycles. The van der Waals surface area contributed by atoms with Gasteiger partial charge in [-0.15, -0.1) is 0 Å². The first kappa shape index (κ1) is 8.69. The molecule has 0 aromatic heterocycles. The predicted molar refractivity (Wildman–Crippen MR) is 62.1 cm³/mol. The van der Waals surface area contributed by atoms with Crippen molar-refractivity contribution in [2.24, 2.45) is 0 Å². The molecule has 1 N–H and O–H groups in total. The van der Waals surface area contributed by atoms with E-state index in [1.54, 1.807) is 0 Å². The molecule has 1 unspecified atom stereocenters. The van der Waals surface area contributed by atoms with Crippen LogP contribution in [0.3, 0.4) is 0 Å². The van der Waals surface area contributed by atoms with Crippen LogP contribution < -0.4 is 4.90 Å². The lowest BCUT2D eigenvalue weighted by Gasteiger charge is -2.24. The van der Waals surface area contributed by atoms with Crippen molar-refractivity contribution in [1.29, 1.82) is 0 Å². The smallest absolute Gasteiger partial charge is 0.139 e. The Morgan fingerprint density at radius 2 is 1.53 bits per heavy atom. The molecule has 2 aromatic rings. The van der Waals surface area contributed by atoms with E-state index in [9.17, 15) is 0 Å². The summed E-state index contributed by atoms with van der Waals surface area (Å²) in [6.45, 7) is 1.09. The molecular formula is C14H14N+. The Morgan fingerprint density at radius 1 is 0.867 bits per heavy atom. The molecule has 0 saturated carbocycles. The first-order chi connectivity index (χ1) is 7.36. The highest BCUT2D eigenvalue weighted by atomic mass is 15.1. The van der Waals surface area contributed by atoms with Crippen LogP contribution in [0, 0.1) is 0 Å². The first-order valence-corrected chi connectivity index (χ1v) is 5.36. The van der Waals surface area contributed by atoms with Gasteiger partial charge in [-0.1, -0.05) is 36.4 Å². The number of hydrogen-bond donors (Lipinski definition) is 1. The van der Waals surface area contributed by atoms with Gasteiger partial charge in [0.15, 0.2) is 0 Å². The van der Waals surface area contributed by atoms with Gasteiger partial charge in [0.05, 0.1) is 7.05 Å². The Balaban J connectivity index is 2.30. The van der Waals surface area contributed by atoms with Crippen LogP contribution in [0.4, 0.5) is 5.69 Å². The Labute approximate surface area is 90.0 Å². The topological polar surface area (TPSA) is 4.44 Å². The lowest BCUT2D eigenvalue weighted by atomic mass is 9.94. The highest BCUT2D eigenvalue weighted by molar-refractivity contribution is 5.76. The summed E-state index contributed by atoms with van der Waals surface area (Å²) in [7, 11) is 2.23. The average Bonchev–Trinajstić information content (AvgIpc) is 2.30. The standard InChI is InChI=1S/C14H13N/c1-15-10-11-6-2-3-7-12(11)13-8-4-5-9-14(13)15/h2-9H,10H2,1H3/p+1. The third-order valence-electron chi connectivity index (χ3n) is 3.15. The largest absolute Gasteiger partial charge is 0.301 e. The molecule has 3 rings (SSSR count). The van der Waals surface area contributed by atoms with Crippen LogP contribution in [-0.4, -0.2) is 7.05 Å². The Morgan fingerprint density at radius 3 is 2.40 bits per heavy atom. The average molecular weight is 196 g/mol. The molecule has 1 heteroatoms. The lowest BCUT2D eigenvalue weighted by molar-refractivity contribution is -0.825. The van der Waals surface area contributed by atoms with E-state index in [0.717, 1.165) is 6.54 Å². The van der Waals surface area contributed by atoms with Crippen molar-refractivity contribution in [3.63, 3.8) is 0 Å². The molecule has 1 aliphatic heterocycles. The molecule has 74 valence electrons. The summed E-state index contributed by atoms with van der Waals surface area (Å²) in [5, 5.41) is 0. The summed E-state index contributed by atoms with van der Waals surface area (Å²) < 4.78 is 0. The molecule has 0 radical (unpaired) electrons. The fourth-order valence-electron chi connectivity index (χ4n) is 2.41. The Hall–Kier alpha value is -1.60. The van der Waals surface area contributed by atoms with Gasteiger partial charge in [0, 0.05) is 11.1 Å². The fraction of sp³-hybridized carbons (Fsp3) is 0.143. The molecule has 1 nitrogen and oxygen atoms in total. The summed E-state index contributed by atoms with van der Waals surface area (Å²) in [5.41, 5.74) is 5.65. The van der Waals surface area contributed by atoms with Gasteiger partial charge < -0.3 is 4.90 Å². The molecule has 15 heavy (non-hydrogen) atoms. The minimum atomic E-state index is 1.09. The van der Waals surface area contributed by atoms with Crippen molar-refractivity contribution in [3.8, 4) is 11.1 Å². The van der Waals surface area contributed by atoms with Gasteiger partial charge in [0.2, 0.25) is 0 Å². The summed E-state index contributed by atoms with van der Waals surface area (Å²) in [6.07, 6.45) is 0. The number of quaternary nitrogens is 1. The van der Waals surface area contributed by atoms with Gasteiger partial charge in [-0.05, 0) is 17.7 Å². The normalized spacial score (nSPS) is 18.1. The predicted octanol–water partition coefficient (Wildman–Crippen LogP) is 2.01. The zero-order valence-electron chi connectivity index (χ0n) is 8.83. The van der Waals surface area contributed by atoms with Crippen molar-refractivity contribution in [2.75, 3.05) is 7.05 Å². The zero-order chi connectivity index (χ0) is 10.3. The van der Waals surface area contributed by atoms with E-state index < -0.39 is 0 Å². The molecule has 0 fully saturated rings. The molecule has 1 atom stereocenters. The summed E-state index contributed by atoms with van der Waals surface area (Å²) in [4.78, 5) is 1.48. The molecule has 0 bridgehead atoms. The summed E-state index contributed by atoms with van der Waals surface area (Å²) in [6, 6.07) is 17.4. The molecule has 0 saturated heterocycles. The molecule has 0 aliphatic carbocycles. The summed E-state index contributed by atoms with van der Waals surface area (Å²) >= 11 is 0. The third-order valence-corrected chi connectivity index (χ3v) is 3.15. The van der Waals surface area contributed by atoms with Crippen LogP contribution in [0.15, 0.2) is 48.5 Å². The quantitative estimate of drug-likeness (QED) is 0.657. The maximum atomic E-state index is 2.23. The van der Waals surface area contributed by atoms with Gasteiger partial charge in [0.1, 0.15) is 12.2 Å². The fourth-order valence-corrected chi connectivity index (χ4v) is 2.41. The number of rotatable bonds is 0. The van der Waals surface area contributed by atoms with Crippen LogP contribution >= 0.6 is 0 Å². The second kappa shape index (κ2) is 3.21. The SMILES string of the molecule is C[NH+]1Cc2ccccc2-c2ccccc21. The van der Waals surface area contributed by atoms with Gasteiger partial charge in [0.25, 0.3) is 0 Å². The molecule has 0 amide bonds. The van der Waals surface area contributed by atoms with E-state index >= 15 is 0 Å². The maximum Gasteiger partial charge on any atom is 0.139 e. The third kappa shape index (κ3) is 1.28. The minimum absolute atomic E-state index is 1.09. The molecular weight excluding hydrogens is 182 g/mol. The second-order valence-corrected chi connectivity index (χ2v) is 4.16. The van der Waals surface area contributed by atoms with Crippen LogP contribution in [0.2, 0.25) is 0 Å². The van der Waals surface area contributed by atoms with E-state index in [1.807, 2.05) is 0 Å². The highest BCUT2D eigenvalue weighted by Gasteiger charge is 2.22. The van der Waals surface area contributed by atoms with E-state index in [1.165, 1.54) is 27.3 Å².